The van der Waals surface area contributed by atoms with Crippen molar-refractivity contribution < 1.29 is 4.79 Å². The van der Waals surface area contributed by atoms with Crippen LogP contribution in [0.1, 0.15) is 53.7 Å². The Labute approximate surface area is 132 Å². The molecule has 0 heterocycles. The lowest BCUT2D eigenvalue weighted by molar-refractivity contribution is 0.0955. The summed E-state index contributed by atoms with van der Waals surface area (Å²) in [6.45, 7) is 6.38. The van der Waals surface area contributed by atoms with E-state index in [0.717, 1.165) is 12.0 Å². The number of aryl methyl sites for hydroxylation is 1. The highest BCUT2D eigenvalue weighted by molar-refractivity contribution is 5.94. The lowest BCUT2D eigenvalue weighted by Gasteiger charge is -2.06. The van der Waals surface area contributed by atoms with Gasteiger partial charge < -0.3 is 0 Å². The summed E-state index contributed by atoms with van der Waals surface area (Å²) < 4.78 is 0. The van der Waals surface area contributed by atoms with E-state index in [1.54, 1.807) is 6.21 Å². The van der Waals surface area contributed by atoms with E-state index in [1.807, 2.05) is 36.4 Å². The van der Waals surface area contributed by atoms with Crippen LogP contribution in [0.2, 0.25) is 0 Å². The Hall–Kier alpha value is -2.42. The van der Waals surface area contributed by atoms with Gasteiger partial charge in [0.2, 0.25) is 0 Å². The molecule has 0 fully saturated rings. The maximum absolute atomic E-state index is 12.0. The van der Waals surface area contributed by atoms with E-state index < -0.39 is 0 Å². The van der Waals surface area contributed by atoms with Crippen LogP contribution in [-0.2, 0) is 6.42 Å². The molecule has 0 bridgehead atoms. The second kappa shape index (κ2) is 7.55. The van der Waals surface area contributed by atoms with Gasteiger partial charge in [0, 0.05) is 5.56 Å². The number of benzene rings is 2. The Bertz CT molecular complexity index is 640. The first-order valence-electron chi connectivity index (χ1n) is 7.62. The van der Waals surface area contributed by atoms with Crippen molar-refractivity contribution in [2.24, 2.45) is 5.10 Å². The normalized spacial score (nSPS) is 11.1. The molecule has 1 amide bonds. The lowest BCUT2D eigenvalue weighted by atomic mass is 10.0. The smallest absolute Gasteiger partial charge is 0.267 e. The predicted octanol–water partition coefficient (Wildman–Crippen LogP) is 4.14. The number of rotatable bonds is 5. The Morgan fingerprint density at radius 2 is 1.73 bits per heavy atom. The second-order valence-corrected chi connectivity index (χ2v) is 5.57. The highest BCUT2D eigenvalue weighted by Crippen LogP contribution is 2.14. The highest BCUT2D eigenvalue weighted by Gasteiger charge is 2.05. The second-order valence-electron chi connectivity index (χ2n) is 5.57. The van der Waals surface area contributed by atoms with Crippen molar-refractivity contribution in [1.29, 1.82) is 0 Å². The molecule has 0 aliphatic rings. The summed E-state index contributed by atoms with van der Waals surface area (Å²) in [7, 11) is 0. The molecule has 0 radical (unpaired) electrons. The predicted molar refractivity (Wildman–Crippen MR) is 91.4 cm³/mol. The van der Waals surface area contributed by atoms with Crippen molar-refractivity contribution in [2.75, 3.05) is 0 Å². The standard InChI is InChI=1S/C19H22N2O/c1-4-15-5-7-16(8-6-15)13-20-21-19(22)18-11-9-17(10-12-18)14(2)3/h5-14H,4H2,1-3H3,(H,21,22). The van der Waals surface area contributed by atoms with Crippen molar-refractivity contribution >= 4 is 12.1 Å². The van der Waals surface area contributed by atoms with Crippen LogP contribution >= 0.6 is 0 Å². The van der Waals surface area contributed by atoms with Crippen LogP contribution in [0.5, 0.6) is 0 Å². The Morgan fingerprint density at radius 1 is 1.09 bits per heavy atom. The van der Waals surface area contributed by atoms with Crippen LogP contribution in [-0.4, -0.2) is 12.1 Å². The summed E-state index contributed by atoms with van der Waals surface area (Å²) in [5.41, 5.74) is 6.64. The van der Waals surface area contributed by atoms with Gasteiger partial charge in [0.1, 0.15) is 0 Å². The first-order chi connectivity index (χ1) is 10.6. The molecule has 0 saturated heterocycles. The maximum Gasteiger partial charge on any atom is 0.271 e. The number of carbonyl (C=O) groups is 1. The third kappa shape index (κ3) is 4.29. The van der Waals surface area contributed by atoms with Crippen LogP contribution in [0.4, 0.5) is 0 Å². The third-order valence-corrected chi connectivity index (χ3v) is 3.61. The van der Waals surface area contributed by atoms with Crippen molar-refractivity contribution in [1.82, 2.24) is 5.43 Å². The zero-order valence-corrected chi connectivity index (χ0v) is 13.3. The number of hydrogen-bond acceptors (Lipinski definition) is 2. The minimum atomic E-state index is -0.197. The number of nitrogens with zero attached hydrogens (tertiary/aromatic N) is 1. The quantitative estimate of drug-likeness (QED) is 0.653. The van der Waals surface area contributed by atoms with Gasteiger partial charge >= 0.3 is 0 Å². The molecule has 2 aromatic carbocycles. The van der Waals surface area contributed by atoms with Crippen LogP contribution in [0.15, 0.2) is 53.6 Å². The number of hydrogen-bond donors (Lipinski definition) is 1. The van der Waals surface area contributed by atoms with Crippen LogP contribution in [0, 0.1) is 0 Å². The van der Waals surface area contributed by atoms with Crippen molar-refractivity contribution in [3.05, 3.63) is 70.8 Å². The molecule has 22 heavy (non-hydrogen) atoms. The van der Waals surface area contributed by atoms with Crippen molar-refractivity contribution in [2.45, 2.75) is 33.1 Å². The third-order valence-electron chi connectivity index (χ3n) is 3.61. The highest BCUT2D eigenvalue weighted by atomic mass is 16.2. The molecule has 0 unspecified atom stereocenters. The van der Waals surface area contributed by atoms with Crippen LogP contribution < -0.4 is 5.43 Å². The molecule has 0 aliphatic carbocycles. The zero-order valence-electron chi connectivity index (χ0n) is 13.3. The van der Waals surface area contributed by atoms with Gasteiger partial charge in [0.15, 0.2) is 0 Å². The molecule has 3 nitrogen and oxygen atoms in total. The largest absolute Gasteiger partial charge is 0.271 e. The monoisotopic (exact) mass is 294 g/mol. The summed E-state index contributed by atoms with van der Waals surface area (Å²) >= 11 is 0. The van der Waals surface area contributed by atoms with Gasteiger partial charge in [0.05, 0.1) is 6.21 Å². The average Bonchev–Trinajstić information content (AvgIpc) is 2.55. The number of nitrogens with one attached hydrogen (secondary N) is 1. The minimum Gasteiger partial charge on any atom is -0.267 e. The van der Waals surface area contributed by atoms with E-state index in [9.17, 15) is 4.79 Å². The number of hydrazone groups is 1. The Morgan fingerprint density at radius 3 is 2.27 bits per heavy atom. The molecular formula is C19H22N2O. The average molecular weight is 294 g/mol. The van der Waals surface area contributed by atoms with E-state index in [-0.39, 0.29) is 5.91 Å². The fraction of sp³-hybridized carbons (Fsp3) is 0.263. The fourth-order valence-electron chi connectivity index (χ4n) is 2.09. The summed E-state index contributed by atoms with van der Waals surface area (Å²) in [5, 5.41) is 4.01. The van der Waals surface area contributed by atoms with Crippen molar-refractivity contribution in [3.8, 4) is 0 Å². The molecule has 114 valence electrons. The molecule has 2 rings (SSSR count). The molecule has 1 N–H and O–H groups in total. The molecule has 0 saturated carbocycles. The van der Waals surface area contributed by atoms with Gasteiger partial charge in [-0.1, -0.05) is 57.2 Å². The van der Waals surface area contributed by atoms with Crippen molar-refractivity contribution in [3.63, 3.8) is 0 Å². The first-order valence-corrected chi connectivity index (χ1v) is 7.62. The van der Waals surface area contributed by atoms with Crippen LogP contribution in [0.3, 0.4) is 0 Å². The van der Waals surface area contributed by atoms with E-state index >= 15 is 0 Å². The van der Waals surface area contributed by atoms with Crippen LogP contribution in [0.25, 0.3) is 0 Å². The maximum atomic E-state index is 12.0. The van der Waals surface area contributed by atoms with E-state index in [1.165, 1.54) is 11.1 Å². The van der Waals surface area contributed by atoms with Gasteiger partial charge in [-0.3, -0.25) is 4.79 Å². The molecule has 0 atom stereocenters. The SMILES string of the molecule is CCc1ccc(C=NNC(=O)c2ccc(C(C)C)cc2)cc1. The Kier molecular flexibility index (Phi) is 5.48. The topological polar surface area (TPSA) is 41.5 Å². The molecule has 0 aliphatic heterocycles. The first kappa shape index (κ1) is 16.0. The van der Waals surface area contributed by atoms with Gasteiger partial charge in [-0.15, -0.1) is 0 Å². The molecule has 3 heteroatoms. The molecule has 2 aromatic rings. The molecule has 0 spiro atoms. The van der Waals surface area contributed by atoms with Gasteiger partial charge in [-0.25, -0.2) is 5.43 Å². The van der Waals surface area contributed by atoms with E-state index in [2.05, 4.69) is 43.4 Å². The summed E-state index contributed by atoms with van der Waals surface area (Å²) in [5.74, 6) is 0.262. The molecule has 0 aromatic heterocycles. The summed E-state index contributed by atoms with van der Waals surface area (Å²) in [6.07, 6.45) is 2.67. The fourth-order valence-corrected chi connectivity index (χ4v) is 2.09. The van der Waals surface area contributed by atoms with Gasteiger partial charge in [-0.05, 0) is 41.2 Å². The molecular weight excluding hydrogens is 272 g/mol. The minimum absolute atomic E-state index is 0.197. The van der Waals surface area contributed by atoms with E-state index in [4.69, 9.17) is 0 Å². The van der Waals surface area contributed by atoms with Gasteiger partial charge in [-0.2, -0.15) is 5.10 Å². The number of carbonyl (C=O) groups excluding carboxylic acids is 1. The van der Waals surface area contributed by atoms with Gasteiger partial charge in [0.25, 0.3) is 5.91 Å². The zero-order chi connectivity index (χ0) is 15.9. The summed E-state index contributed by atoms with van der Waals surface area (Å²) in [4.78, 5) is 12.0. The Balaban J connectivity index is 1.95. The summed E-state index contributed by atoms with van der Waals surface area (Å²) in [6, 6.07) is 15.7. The number of amides is 1. The van der Waals surface area contributed by atoms with E-state index in [0.29, 0.717) is 11.5 Å². The lowest BCUT2D eigenvalue weighted by Crippen LogP contribution is -2.17.